The molecule has 0 aliphatic rings. The maximum atomic E-state index is 10.3. The fourth-order valence-electron chi connectivity index (χ4n) is 0.984. The van der Waals surface area contributed by atoms with Crippen LogP contribution in [-0.4, -0.2) is 12.0 Å². The number of non-ortho nitro benzene ring substituents is 1. The highest BCUT2D eigenvalue weighted by atomic mass is 16.6. The van der Waals surface area contributed by atoms with Crippen LogP contribution in [0.25, 0.3) is 0 Å². The largest absolute Gasteiger partial charge is 0.316 e. The minimum atomic E-state index is -0.390. The molecule has 0 fully saturated rings. The van der Waals surface area contributed by atoms with Crippen molar-refractivity contribution in [1.29, 1.82) is 0 Å². The first-order valence-electron chi connectivity index (χ1n) is 4.62. The molecular formula is C10H16N2O2. The number of nitrogens with one attached hydrogen (secondary N) is 1. The van der Waals surface area contributed by atoms with Crippen LogP contribution in [0.3, 0.4) is 0 Å². The molecule has 0 heterocycles. The van der Waals surface area contributed by atoms with Crippen LogP contribution in [0.1, 0.15) is 19.4 Å². The monoisotopic (exact) mass is 196 g/mol. The molecule has 0 atom stereocenters. The molecule has 14 heavy (non-hydrogen) atoms. The van der Waals surface area contributed by atoms with Gasteiger partial charge in [0.25, 0.3) is 5.69 Å². The van der Waals surface area contributed by atoms with Gasteiger partial charge in [-0.15, -0.1) is 0 Å². The second-order valence-electron chi connectivity index (χ2n) is 2.46. The van der Waals surface area contributed by atoms with E-state index in [1.807, 2.05) is 19.9 Å². The van der Waals surface area contributed by atoms with E-state index in [1.54, 1.807) is 19.2 Å². The summed E-state index contributed by atoms with van der Waals surface area (Å²) in [4.78, 5) is 9.95. The summed E-state index contributed by atoms with van der Waals surface area (Å²) in [6.07, 6.45) is 0. The van der Waals surface area contributed by atoms with E-state index in [4.69, 9.17) is 0 Å². The van der Waals surface area contributed by atoms with Crippen LogP contribution in [0, 0.1) is 10.1 Å². The molecule has 1 aromatic carbocycles. The van der Waals surface area contributed by atoms with Crippen molar-refractivity contribution in [2.75, 3.05) is 7.05 Å². The number of hydrogen-bond donors (Lipinski definition) is 1. The van der Waals surface area contributed by atoms with Gasteiger partial charge in [-0.1, -0.05) is 26.0 Å². The molecule has 1 rings (SSSR count). The molecule has 78 valence electrons. The van der Waals surface area contributed by atoms with Gasteiger partial charge < -0.3 is 5.32 Å². The van der Waals surface area contributed by atoms with E-state index in [9.17, 15) is 10.1 Å². The van der Waals surface area contributed by atoms with Gasteiger partial charge >= 0.3 is 0 Å². The molecule has 0 amide bonds. The number of nitro groups is 1. The quantitative estimate of drug-likeness (QED) is 0.596. The Bertz CT molecular complexity index is 287. The summed E-state index contributed by atoms with van der Waals surface area (Å²) < 4.78 is 0. The van der Waals surface area contributed by atoms with E-state index in [2.05, 4.69) is 5.32 Å². The van der Waals surface area contributed by atoms with Crippen molar-refractivity contribution in [2.24, 2.45) is 0 Å². The van der Waals surface area contributed by atoms with Gasteiger partial charge in [-0.3, -0.25) is 10.1 Å². The highest BCUT2D eigenvalue weighted by Gasteiger charge is 2.03. The van der Waals surface area contributed by atoms with E-state index >= 15 is 0 Å². The predicted octanol–water partition coefficient (Wildman–Crippen LogP) is 2.34. The van der Waals surface area contributed by atoms with Gasteiger partial charge in [0.15, 0.2) is 0 Å². The van der Waals surface area contributed by atoms with E-state index < -0.39 is 0 Å². The van der Waals surface area contributed by atoms with Crippen molar-refractivity contribution in [2.45, 2.75) is 20.4 Å². The predicted molar refractivity (Wildman–Crippen MR) is 57.2 cm³/mol. The number of rotatable bonds is 3. The SMILES string of the molecule is CC.CNCc1cccc([N+](=O)[O-])c1. The van der Waals surface area contributed by atoms with Crippen LogP contribution in [0.15, 0.2) is 24.3 Å². The van der Waals surface area contributed by atoms with Gasteiger partial charge in [0.2, 0.25) is 0 Å². The van der Waals surface area contributed by atoms with Crippen molar-refractivity contribution in [1.82, 2.24) is 5.32 Å². The minimum Gasteiger partial charge on any atom is -0.316 e. The Kier molecular flexibility index (Phi) is 6.32. The second kappa shape index (κ2) is 7.03. The lowest BCUT2D eigenvalue weighted by molar-refractivity contribution is -0.384. The highest BCUT2D eigenvalue weighted by molar-refractivity contribution is 5.34. The smallest absolute Gasteiger partial charge is 0.269 e. The Morgan fingerprint density at radius 2 is 2.07 bits per heavy atom. The van der Waals surface area contributed by atoms with E-state index in [0.29, 0.717) is 6.54 Å². The summed E-state index contributed by atoms with van der Waals surface area (Å²) in [7, 11) is 1.80. The molecular weight excluding hydrogens is 180 g/mol. The molecule has 4 heteroatoms. The first-order valence-corrected chi connectivity index (χ1v) is 4.62. The molecule has 4 nitrogen and oxygen atoms in total. The maximum absolute atomic E-state index is 10.3. The highest BCUT2D eigenvalue weighted by Crippen LogP contribution is 2.12. The van der Waals surface area contributed by atoms with Crippen molar-refractivity contribution in [3.05, 3.63) is 39.9 Å². The summed E-state index contributed by atoms with van der Waals surface area (Å²) in [6.45, 7) is 4.65. The van der Waals surface area contributed by atoms with Crippen molar-refractivity contribution < 1.29 is 4.92 Å². The summed E-state index contributed by atoms with van der Waals surface area (Å²) in [5, 5.41) is 13.3. The van der Waals surface area contributed by atoms with Gasteiger partial charge in [-0.05, 0) is 12.6 Å². The number of hydrogen-bond acceptors (Lipinski definition) is 3. The Balaban J connectivity index is 0.000000791. The number of benzene rings is 1. The molecule has 1 N–H and O–H groups in total. The fourth-order valence-corrected chi connectivity index (χ4v) is 0.984. The first kappa shape index (κ1) is 12.6. The van der Waals surface area contributed by atoms with Gasteiger partial charge in [0, 0.05) is 18.7 Å². The average Bonchev–Trinajstić information content (AvgIpc) is 2.22. The molecule has 0 radical (unpaired) electrons. The average molecular weight is 196 g/mol. The zero-order valence-electron chi connectivity index (χ0n) is 8.78. The van der Waals surface area contributed by atoms with Crippen molar-refractivity contribution in [3.8, 4) is 0 Å². The van der Waals surface area contributed by atoms with Crippen LogP contribution in [0.4, 0.5) is 5.69 Å². The molecule has 0 bridgehead atoms. The molecule has 0 saturated carbocycles. The van der Waals surface area contributed by atoms with Gasteiger partial charge in [0.05, 0.1) is 4.92 Å². The molecule has 0 unspecified atom stereocenters. The van der Waals surface area contributed by atoms with Crippen LogP contribution in [0.5, 0.6) is 0 Å². The topological polar surface area (TPSA) is 55.2 Å². The van der Waals surface area contributed by atoms with Crippen LogP contribution < -0.4 is 5.32 Å². The van der Waals surface area contributed by atoms with Crippen LogP contribution in [-0.2, 0) is 6.54 Å². The lowest BCUT2D eigenvalue weighted by Gasteiger charge is -1.98. The third-order valence-electron chi connectivity index (χ3n) is 1.50. The van der Waals surface area contributed by atoms with Crippen molar-refractivity contribution >= 4 is 5.69 Å². The number of nitrogens with zero attached hydrogens (tertiary/aromatic N) is 1. The summed E-state index contributed by atoms with van der Waals surface area (Å²) in [6, 6.07) is 6.59. The van der Waals surface area contributed by atoms with E-state index in [0.717, 1.165) is 5.56 Å². The zero-order valence-corrected chi connectivity index (χ0v) is 8.78. The Morgan fingerprint density at radius 1 is 1.43 bits per heavy atom. The van der Waals surface area contributed by atoms with Crippen LogP contribution >= 0.6 is 0 Å². The Morgan fingerprint density at radius 3 is 2.57 bits per heavy atom. The lowest BCUT2D eigenvalue weighted by atomic mass is 10.2. The molecule has 0 saturated heterocycles. The minimum absolute atomic E-state index is 0.141. The second-order valence-corrected chi connectivity index (χ2v) is 2.46. The third kappa shape index (κ3) is 4.00. The Hall–Kier alpha value is -1.42. The summed E-state index contributed by atoms with van der Waals surface area (Å²) >= 11 is 0. The fraction of sp³-hybridized carbons (Fsp3) is 0.400. The zero-order chi connectivity index (χ0) is 11.0. The van der Waals surface area contributed by atoms with Gasteiger partial charge in [-0.2, -0.15) is 0 Å². The van der Waals surface area contributed by atoms with E-state index in [-0.39, 0.29) is 10.6 Å². The lowest BCUT2D eigenvalue weighted by Crippen LogP contribution is -2.04. The molecule has 0 aliphatic carbocycles. The molecule has 0 aliphatic heterocycles. The van der Waals surface area contributed by atoms with Gasteiger partial charge in [0.1, 0.15) is 0 Å². The molecule has 1 aromatic rings. The molecule has 0 aromatic heterocycles. The number of nitro benzene ring substituents is 1. The van der Waals surface area contributed by atoms with E-state index in [1.165, 1.54) is 6.07 Å². The maximum Gasteiger partial charge on any atom is 0.269 e. The summed E-state index contributed by atoms with van der Waals surface area (Å²) in [5.41, 5.74) is 1.06. The Labute approximate surface area is 84.1 Å². The third-order valence-corrected chi connectivity index (χ3v) is 1.50. The van der Waals surface area contributed by atoms with Crippen molar-refractivity contribution in [3.63, 3.8) is 0 Å². The van der Waals surface area contributed by atoms with Crippen LogP contribution in [0.2, 0.25) is 0 Å². The summed E-state index contributed by atoms with van der Waals surface area (Å²) in [5.74, 6) is 0. The molecule has 0 spiro atoms. The standard InChI is InChI=1S/C8H10N2O2.C2H6/c1-9-6-7-3-2-4-8(5-7)10(11)12;1-2/h2-5,9H,6H2,1H3;1-2H3. The van der Waals surface area contributed by atoms with Gasteiger partial charge in [-0.25, -0.2) is 0 Å². The normalized spacial score (nSPS) is 8.79. The first-order chi connectivity index (χ1) is 6.74.